The Labute approximate surface area is 130 Å². The molecular formula is C15H12N4O2S. The Morgan fingerprint density at radius 1 is 1.18 bits per heavy atom. The number of pyridine rings is 2. The zero-order chi connectivity index (χ0) is 15.4. The Morgan fingerprint density at radius 2 is 2.09 bits per heavy atom. The predicted octanol–water partition coefficient (Wildman–Crippen LogP) is 2.86. The Morgan fingerprint density at radius 3 is 2.86 bits per heavy atom. The van der Waals surface area contributed by atoms with Crippen LogP contribution in [-0.2, 0) is 0 Å². The summed E-state index contributed by atoms with van der Waals surface area (Å²) in [5, 5.41) is 3.24. The van der Waals surface area contributed by atoms with Crippen molar-refractivity contribution in [3.8, 4) is 16.3 Å². The van der Waals surface area contributed by atoms with Gasteiger partial charge in [0.1, 0.15) is 11.3 Å². The number of carbonyl (C=O) groups excluding carboxylic acids is 1. The number of hydrogen-bond donors (Lipinski definition) is 1. The summed E-state index contributed by atoms with van der Waals surface area (Å²) in [5.74, 6) is 0.154. The van der Waals surface area contributed by atoms with Gasteiger partial charge < -0.3 is 4.74 Å². The van der Waals surface area contributed by atoms with Gasteiger partial charge in [0, 0.05) is 24.8 Å². The normalized spacial score (nSPS) is 10.2. The number of nitrogens with zero attached hydrogens (tertiary/aromatic N) is 3. The second-order valence-corrected chi connectivity index (χ2v) is 5.31. The number of carbonyl (C=O) groups is 1. The molecule has 0 saturated carbocycles. The highest BCUT2D eigenvalue weighted by Gasteiger charge is 2.14. The van der Waals surface area contributed by atoms with Crippen LogP contribution in [0, 0.1) is 0 Å². The molecule has 1 amide bonds. The van der Waals surface area contributed by atoms with Crippen molar-refractivity contribution in [2.75, 3.05) is 12.4 Å². The van der Waals surface area contributed by atoms with Crippen molar-refractivity contribution in [3.05, 3.63) is 54.6 Å². The van der Waals surface area contributed by atoms with E-state index < -0.39 is 0 Å². The third-order valence-electron chi connectivity index (χ3n) is 2.89. The van der Waals surface area contributed by atoms with E-state index in [1.807, 2.05) is 18.2 Å². The standard InChI is InChI=1S/C15H12N4O2S/c1-21-12-5-7-16-8-10(12)14(20)19-15-18-9-13(22-15)11-4-2-3-6-17-11/h2-9H,1H3,(H,18,19,20). The first-order valence-electron chi connectivity index (χ1n) is 6.44. The molecule has 0 aliphatic carbocycles. The van der Waals surface area contributed by atoms with Crippen molar-refractivity contribution in [3.63, 3.8) is 0 Å². The lowest BCUT2D eigenvalue weighted by Gasteiger charge is -2.06. The number of rotatable bonds is 4. The number of hydrogen-bond acceptors (Lipinski definition) is 6. The van der Waals surface area contributed by atoms with E-state index in [0.717, 1.165) is 10.6 Å². The van der Waals surface area contributed by atoms with Crippen LogP contribution in [0.15, 0.2) is 49.1 Å². The first-order chi connectivity index (χ1) is 10.8. The molecule has 0 bridgehead atoms. The Bertz CT molecular complexity index is 789. The summed E-state index contributed by atoms with van der Waals surface area (Å²) in [5.41, 5.74) is 1.18. The summed E-state index contributed by atoms with van der Waals surface area (Å²) in [7, 11) is 1.51. The zero-order valence-electron chi connectivity index (χ0n) is 11.7. The van der Waals surface area contributed by atoms with Gasteiger partial charge in [0.25, 0.3) is 5.91 Å². The maximum atomic E-state index is 12.3. The van der Waals surface area contributed by atoms with Crippen molar-refractivity contribution in [2.24, 2.45) is 0 Å². The van der Waals surface area contributed by atoms with Crippen LogP contribution in [-0.4, -0.2) is 28.0 Å². The highest BCUT2D eigenvalue weighted by Crippen LogP contribution is 2.28. The molecule has 0 atom stereocenters. The fraction of sp³-hybridized carbons (Fsp3) is 0.0667. The first-order valence-corrected chi connectivity index (χ1v) is 7.26. The summed E-state index contributed by atoms with van der Waals surface area (Å²) in [4.78, 5) is 25.5. The minimum atomic E-state index is -0.313. The number of thiazole rings is 1. The van der Waals surface area contributed by atoms with Gasteiger partial charge >= 0.3 is 0 Å². The Kier molecular flexibility index (Phi) is 4.06. The van der Waals surface area contributed by atoms with Gasteiger partial charge in [0.05, 0.1) is 17.7 Å². The van der Waals surface area contributed by atoms with Crippen molar-refractivity contribution in [1.82, 2.24) is 15.0 Å². The van der Waals surface area contributed by atoms with Gasteiger partial charge in [-0.25, -0.2) is 4.98 Å². The summed E-state index contributed by atoms with van der Waals surface area (Å²) in [6.45, 7) is 0. The van der Waals surface area contributed by atoms with Crippen LogP contribution in [0.5, 0.6) is 5.75 Å². The van der Waals surface area contributed by atoms with E-state index in [9.17, 15) is 4.79 Å². The number of amides is 1. The van der Waals surface area contributed by atoms with Gasteiger partial charge in [-0.3, -0.25) is 20.1 Å². The minimum Gasteiger partial charge on any atom is -0.496 e. The third-order valence-corrected chi connectivity index (χ3v) is 3.82. The van der Waals surface area contributed by atoms with Crippen LogP contribution in [0.2, 0.25) is 0 Å². The number of ether oxygens (including phenoxy) is 1. The maximum absolute atomic E-state index is 12.3. The van der Waals surface area contributed by atoms with Crippen LogP contribution in [0.4, 0.5) is 5.13 Å². The second kappa shape index (κ2) is 6.31. The largest absolute Gasteiger partial charge is 0.496 e. The van der Waals surface area contributed by atoms with E-state index in [0.29, 0.717) is 16.4 Å². The van der Waals surface area contributed by atoms with Crippen LogP contribution in [0.3, 0.4) is 0 Å². The molecule has 0 aromatic carbocycles. The molecule has 0 fully saturated rings. The molecular weight excluding hydrogens is 300 g/mol. The van der Waals surface area contributed by atoms with Crippen molar-refractivity contribution >= 4 is 22.4 Å². The van der Waals surface area contributed by atoms with E-state index in [1.165, 1.54) is 24.6 Å². The zero-order valence-corrected chi connectivity index (χ0v) is 12.5. The molecule has 3 aromatic rings. The van der Waals surface area contributed by atoms with Crippen LogP contribution >= 0.6 is 11.3 Å². The number of anilines is 1. The molecule has 0 unspecified atom stereocenters. The lowest BCUT2D eigenvalue weighted by Crippen LogP contribution is -2.13. The van der Waals surface area contributed by atoms with Crippen molar-refractivity contribution in [1.29, 1.82) is 0 Å². The van der Waals surface area contributed by atoms with Gasteiger partial charge in [-0.05, 0) is 18.2 Å². The van der Waals surface area contributed by atoms with E-state index in [2.05, 4.69) is 20.3 Å². The molecule has 0 radical (unpaired) electrons. The SMILES string of the molecule is COc1ccncc1C(=O)Nc1ncc(-c2ccccn2)s1. The molecule has 3 rings (SSSR count). The van der Waals surface area contributed by atoms with Gasteiger partial charge in [0.15, 0.2) is 5.13 Å². The van der Waals surface area contributed by atoms with Crippen molar-refractivity contribution in [2.45, 2.75) is 0 Å². The lowest BCUT2D eigenvalue weighted by molar-refractivity contribution is 0.102. The number of methoxy groups -OCH3 is 1. The van der Waals surface area contributed by atoms with Crippen LogP contribution < -0.4 is 10.1 Å². The highest BCUT2D eigenvalue weighted by atomic mass is 32.1. The molecule has 1 N–H and O–H groups in total. The summed E-state index contributed by atoms with van der Waals surface area (Å²) < 4.78 is 5.15. The summed E-state index contributed by atoms with van der Waals surface area (Å²) in [6, 6.07) is 7.28. The number of nitrogens with one attached hydrogen (secondary N) is 1. The van der Waals surface area contributed by atoms with Crippen LogP contribution in [0.1, 0.15) is 10.4 Å². The smallest absolute Gasteiger partial charge is 0.262 e. The molecule has 0 aliphatic heterocycles. The van der Waals surface area contributed by atoms with Crippen molar-refractivity contribution < 1.29 is 9.53 Å². The first kappa shape index (κ1) is 14.2. The molecule has 3 aromatic heterocycles. The van der Waals surface area contributed by atoms with Gasteiger partial charge in [0.2, 0.25) is 0 Å². The average Bonchev–Trinajstić information content (AvgIpc) is 3.04. The van der Waals surface area contributed by atoms with E-state index in [1.54, 1.807) is 24.7 Å². The maximum Gasteiger partial charge on any atom is 0.262 e. The molecule has 7 heteroatoms. The fourth-order valence-electron chi connectivity index (χ4n) is 1.85. The van der Waals surface area contributed by atoms with E-state index in [4.69, 9.17) is 4.74 Å². The molecule has 110 valence electrons. The summed E-state index contributed by atoms with van der Waals surface area (Å²) >= 11 is 1.36. The second-order valence-electron chi connectivity index (χ2n) is 4.27. The molecule has 6 nitrogen and oxygen atoms in total. The lowest BCUT2D eigenvalue weighted by atomic mass is 10.2. The molecule has 0 aliphatic rings. The van der Waals surface area contributed by atoms with E-state index >= 15 is 0 Å². The Hall–Kier alpha value is -2.80. The number of aromatic nitrogens is 3. The third kappa shape index (κ3) is 2.94. The molecule has 3 heterocycles. The van der Waals surface area contributed by atoms with Crippen LogP contribution in [0.25, 0.3) is 10.6 Å². The van der Waals surface area contributed by atoms with Gasteiger partial charge in [-0.15, -0.1) is 0 Å². The average molecular weight is 312 g/mol. The Balaban J connectivity index is 1.79. The minimum absolute atomic E-state index is 0.313. The quantitative estimate of drug-likeness (QED) is 0.801. The van der Waals surface area contributed by atoms with Gasteiger partial charge in [-0.1, -0.05) is 17.4 Å². The highest BCUT2D eigenvalue weighted by molar-refractivity contribution is 7.19. The van der Waals surface area contributed by atoms with E-state index in [-0.39, 0.29) is 5.91 Å². The molecule has 0 spiro atoms. The topological polar surface area (TPSA) is 77.0 Å². The van der Waals surface area contributed by atoms with Gasteiger partial charge in [-0.2, -0.15) is 0 Å². The fourth-order valence-corrected chi connectivity index (χ4v) is 2.64. The summed E-state index contributed by atoms with van der Waals surface area (Å²) in [6.07, 6.45) is 6.43. The monoisotopic (exact) mass is 312 g/mol. The molecule has 22 heavy (non-hydrogen) atoms. The molecule has 0 saturated heterocycles. The predicted molar refractivity (Wildman–Crippen MR) is 84.1 cm³/mol.